The summed E-state index contributed by atoms with van der Waals surface area (Å²) in [4.78, 5) is 33.4. The second-order valence-corrected chi connectivity index (χ2v) is 6.13. The summed E-state index contributed by atoms with van der Waals surface area (Å²) in [5, 5.41) is 8.94. The van der Waals surface area contributed by atoms with Gasteiger partial charge in [0.1, 0.15) is 11.5 Å². The summed E-state index contributed by atoms with van der Waals surface area (Å²) in [7, 11) is 0. The van der Waals surface area contributed by atoms with Gasteiger partial charge in [0.2, 0.25) is 5.13 Å². The van der Waals surface area contributed by atoms with Crippen LogP contribution in [0.25, 0.3) is 0 Å². The molecular formula is C13H19N5O4S. The average Bonchev–Trinajstić information content (AvgIpc) is 3.04. The molecule has 1 aliphatic rings. The molecule has 0 bridgehead atoms. The van der Waals surface area contributed by atoms with Crippen LogP contribution in [0.1, 0.15) is 28.2 Å². The van der Waals surface area contributed by atoms with Crippen molar-refractivity contribution in [2.24, 2.45) is 16.5 Å². The number of aryl methyl sites for hydroxylation is 1. The molecule has 0 radical (unpaired) electrons. The molecular weight excluding hydrogens is 322 g/mol. The normalized spacial score (nSPS) is 17.3. The van der Waals surface area contributed by atoms with Crippen molar-refractivity contribution >= 4 is 34.3 Å². The third-order valence-corrected chi connectivity index (χ3v) is 4.42. The van der Waals surface area contributed by atoms with Crippen molar-refractivity contribution in [3.05, 3.63) is 10.6 Å². The second kappa shape index (κ2) is 7.38. The fraction of sp³-hybridized carbons (Fsp3) is 0.538. The molecule has 0 spiro atoms. The van der Waals surface area contributed by atoms with E-state index in [9.17, 15) is 9.59 Å². The zero-order valence-electron chi connectivity index (χ0n) is 12.7. The molecule has 1 fully saturated rings. The summed E-state index contributed by atoms with van der Waals surface area (Å²) in [5.74, 6) is -1.29. The molecule has 1 aromatic rings. The van der Waals surface area contributed by atoms with Gasteiger partial charge in [0.15, 0.2) is 5.96 Å². The molecule has 10 heteroatoms. The summed E-state index contributed by atoms with van der Waals surface area (Å²) in [6.45, 7) is 2.17. The molecule has 126 valence electrons. The summed E-state index contributed by atoms with van der Waals surface area (Å²) >= 11 is 1.13. The van der Waals surface area contributed by atoms with Crippen LogP contribution >= 0.6 is 11.3 Å². The summed E-state index contributed by atoms with van der Waals surface area (Å²) < 4.78 is 5.12. The number of carbonyl (C=O) groups is 2. The number of hydrogen-bond acceptors (Lipinski definition) is 6. The van der Waals surface area contributed by atoms with E-state index in [1.165, 1.54) is 0 Å². The SMILES string of the molecule is Cc1nc(N=C(N)N)sc1C(=O)N1CCCC1COCC(=O)O. The van der Waals surface area contributed by atoms with E-state index in [2.05, 4.69) is 9.98 Å². The molecule has 1 aromatic heterocycles. The number of carbonyl (C=O) groups excluding carboxylic acids is 1. The van der Waals surface area contributed by atoms with Gasteiger partial charge in [-0.05, 0) is 19.8 Å². The highest BCUT2D eigenvalue weighted by molar-refractivity contribution is 7.17. The fourth-order valence-electron chi connectivity index (χ4n) is 2.43. The number of carboxylic acid groups (broad SMARTS) is 1. The topological polar surface area (TPSA) is 144 Å². The van der Waals surface area contributed by atoms with Crippen molar-refractivity contribution in [2.75, 3.05) is 19.8 Å². The average molecular weight is 341 g/mol. The zero-order chi connectivity index (χ0) is 17.0. The van der Waals surface area contributed by atoms with E-state index in [1.807, 2.05) is 0 Å². The van der Waals surface area contributed by atoms with Crippen LogP contribution in [0.2, 0.25) is 0 Å². The van der Waals surface area contributed by atoms with Crippen LogP contribution in [-0.4, -0.2) is 58.6 Å². The van der Waals surface area contributed by atoms with Crippen LogP contribution in [-0.2, 0) is 9.53 Å². The molecule has 9 nitrogen and oxygen atoms in total. The Hall–Kier alpha value is -2.20. The number of nitrogens with zero attached hydrogens (tertiary/aromatic N) is 3. The van der Waals surface area contributed by atoms with Gasteiger partial charge in [0.25, 0.3) is 5.91 Å². The fourth-order valence-corrected chi connectivity index (χ4v) is 3.34. The predicted molar refractivity (Wildman–Crippen MR) is 84.8 cm³/mol. The van der Waals surface area contributed by atoms with Crippen molar-refractivity contribution in [3.8, 4) is 0 Å². The van der Waals surface area contributed by atoms with E-state index in [1.54, 1.807) is 11.8 Å². The van der Waals surface area contributed by atoms with Gasteiger partial charge < -0.3 is 26.2 Å². The van der Waals surface area contributed by atoms with Crippen LogP contribution in [0.3, 0.4) is 0 Å². The first-order chi connectivity index (χ1) is 10.9. The number of rotatable bonds is 6. The van der Waals surface area contributed by atoms with E-state index >= 15 is 0 Å². The maximum Gasteiger partial charge on any atom is 0.329 e. The van der Waals surface area contributed by atoms with E-state index in [0.29, 0.717) is 22.2 Å². The number of aliphatic imine (C=N–C) groups is 1. The molecule has 0 aromatic carbocycles. The van der Waals surface area contributed by atoms with E-state index < -0.39 is 5.97 Å². The van der Waals surface area contributed by atoms with Crippen molar-refractivity contribution in [3.63, 3.8) is 0 Å². The largest absolute Gasteiger partial charge is 0.480 e. The second-order valence-electron chi connectivity index (χ2n) is 5.15. The monoisotopic (exact) mass is 341 g/mol. The molecule has 0 saturated carbocycles. The number of nitrogens with two attached hydrogens (primary N) is 2. The molecule has 2 heterocycles. The van der Waals surface area contributed by atoms with Crippen molar-refractivity contribution in [2.45, 2.75) is 25.8 Å². The van der Waals surface area contributed by atoms with Crippen LogP contribution in [0.15, 0.2) is 4.99 Å². The Balaban J connectivity index is 2.08. The van der Waals surface area contributed by atoms with Crippen molar-refractivity contribution in [1.82, 2.24) is 9.88 Å². The van der Waals surface area contributed by atoms with Gasteiger partial charge in [-0.25, -0.2) is 9.78 Å². The maximum atomic E-state index is 12.7. The number of thiazole rings is 1. The predicted octanol–water partition coefficient (Wildman–Crippen LogP) is 0.0622. The van der Waals surface area contributed by atoms with Gasteiger partial charge in [-0.2, -0.15) is 4.99 Å². The van der Waals surface area contributed by atoms with Gasteiger partial charge in [-0.15, -0.1) is 0 Å². The van der Waals surface area contributed by atoms with Gasteiger partial charge in [-0.1, -0.05) is 11.3 Å². The van der Waals surface area contributed by atoms with Gasteiger partial charge >= 0.3 is 5.97 Å². The Morgan fingerprint density at radius 1 is 1.52 bits per heavy atom. The molecule has 1 amide bonds. The molecule has 5 N–H and O–H groups in total. The van der Waals surface area contributed by atoms with E-state index in [4.69, 9.17) is 21.3 Å². The number of aromatic nitrogens is 1. The minimum Gasteiger partial charge on any atom is -0.480 e. The molecule has 1 saturated heterocycles. The van der Waals surface area contributed by atoms with E-state index in [-0.39, 0.29) is 31.1 Å². The van der Waals surface area contributed by atoms with Gasteiger partial charge in [0, 0.05) is 6.54 Å². The summed E-state index contributed by atoms with van der Waals surface area (Å²) in [6, 6.07) is -0.130. The van der Waals surface area contributed by atoms with Crippen LogP contribution < -0.4 is 11.5 Å². The number of hydrogen-bond donors (Lipinski definition) is 3. The molecule has 1 aliphatic heterocycles. The summed E-state index contributed by atoms with van der Waals surface area (Å²) in [5.41, 5.74) is 11.2. The number of guanidine groups is 1. The minimum atomic E-state index is -1.03. The molecule has 1 unspecified atom stereocenters. The Labute approximate surface area is 137 Å². The maximum absolute atomic E-state index is 12.7. The van der Waals surface area contributed by atoms with Gasteiger partial charge in [-0.3, -0.25) is 4.79 Å². The van der Waals surface area contributed by atoms with Crippen LogP contribution in [0.4, 0.5) is 5.13 Å². The lowest BCUT2D eigenvalue weighted by atomic mass is 10.2. The van der Waals surface area contributed by atoms with Crippen LogP contribution in [0, 0.1) is 6.92 Å². The smallest absolute Gasteiger partial charge is 0.329 e. The highest BCUT2D eigenvalue weighted by atomic mass is 32.1. The quantitative estimate of drug-likeness (QED) is 0.490. The van der Waals surface area contributed by atoms with Crippen LogP contribution in [0.5, 0.6) is 0 Å². The van der Waals surface area contributed by atoms with E-state index in [0.717, 1.165) is 24.2 Å². The highest BCUT2D eigenvalue weighted by Gasteiger charge is 2.31. The lowest BCUT2D eigenvalue weighted by Gasteiger charge is -2.24. The first-order valence-electron chi connectivity index (χ1n) is 7.06. The zero-order valence-corrected chi connectivity index (χ0v) is 13.5. The Kier molecular flexibility index (Phi) is 5.50. The third-order valence-electron chi connectivity index (χ3n) is 3.38. The third kappa shape index (κ3) is 4.39. The molecule has 0 aliphatic carbocycles. The molecule has 2 rings (SSSR count). The van der Waals surface area contributed by atoms with Crippen molar-refractivity contribution in [1.29, 1.82) is 0 Å². The Morgan fingerprint density at radius 2 is 2.26 bits per heavy atom. The molecule has 23 heavy (non-hydrogen) atoms. The van der Waals surface area contributed by atoms with Gasteiger partial charge in [0.05, 0.1) is 18.3 Å². The summed E-state index contributed by atoms with van der Waals surface area (Å²) in [6.07, 6.45) is 1.63. The lowest BCUT2D eigenvalue weighted by molar-refractivity contribution is -0.142. The Morgan fingerprint density at radius 3 is 2.91 bits per heavy atom. The minimum absolute atomic E-state index is 0.112. The number of likely N-dealkylation sites (tertiary alicyclic amines) is 1. The standard InChI is InChI=1S/C13H19N5O4S/c1-7-10(23-13(16-7)17-12(14)15)11(21)18-4-2-3-8(18)5-22-6-9(19)20/h8H,2-6H2,1H3,(H,19,20)(H4,14,15,16,17). The number of aliphatic carboxylic acids is 1. The number of carboxylic acids is 1. The van der Waals surface area contributed by atoms with Crippen molar-refractivity contribution < 1.29 is 19.4 Å². The number of ether oxygens (including phenoxy) is 1. The first-order valence-corrected chi connectivity index (χ1v) is 7.87. The first kappa shape index (κ1) is 17.2. The Bertz CT molecular complexity index is 626. The molecule has 1 atom stereocenters. The highest BCUT2D eigenvalue weighted by Crippen LogP contribution is 2.29. The lowest BCUT2D eigenvalue weighted by Crippen LogP contribution is -2.38. The number of amides is 1.